The van der Waals surface area contributed by atoms with Gasteiger partial charge in [-0.2, -0.15) is 0 Å². The second-order valence-electron chi connectivity index (χ2n) is 4.12. The average molecular weight is 268 g/mol. The number of thioether (sulfide) groups is 1. The van der Waals surface area contributed by atoms with Crippen molar-refractivity contribution in [1.82, 2.24) is 0 Å². The van der Waals surface area contributed by atoms with Crippen LogP contribution in [0.15, 0.2) is 29.3 Å². The molecule has 1 unspecified atom stereocenters. The molecule has 4 nitrogen and oxygen atoms in total. The number of methoxy groups -OCH3 is 1. The number of ether oxygens (including phenoxy) is 1. The molecular weight excluding hydrogens is 255 g/mol. The highest BCUT2D eigenvalue weighted by Crippen LogP contribution is 2.38. The van der Waals surface area contributed by atoms with E-state index in [1.807, 2.05) is 0 Å². The normalized spacial score (nSPS) is 27.1. The fourth-order valence-corrected chi connectivity index (χ4v) is 2.91. The van der Waals surface area contributed by atoms with Crippen molar-refractivity contribution in [2.75, 3.05) is 7.11 Å². The van der Waals surface area contributed by atoms with Gasteiger partial charge in [-0.05, 0) is 19.1 Å². The van der Waals surface area contributed by atoms with Gasteiger partial charge in [-0.3, -0.25) is 9.79 Å². The predicted octanol–water partition coefficient (Wildman–Crippen LogP) is 1.54. The molecule has 1 amide bonds. The van der Waals surface area contributed by atoms with Gasteiger partial charge < -0.3 is 10.5 Å². The molecule has 6 heteroatoms. The molecule has 2 N–H and O–H groups in total. The molecular formula is C12H13FN2O2S. The number of carbonyl (C=O) groups excluding carboxylic acids is 1. The molecule has 0 aliphatic carbocycles. The van der Waals surface area contributed by atoms with E-state index in [0.717, 1.165) is 0 Å². The number of hydrogen-bond donors (Lipinski definition) is 1. The number of rotatable bonds is 3. The van der Waals surface area contributed by atoms with E-state index < -0.39 is 16.9 Å². The van der Waals surface area contributed by atoms with Crippen LogP contribution in [0.5, 0.6) is 0 Å². The summed E-state index contributed by atoms with van der Waals surface area (Å²) in [6.45, 7) is 1.61. The first-order valence-electron chi connectivity index (χ1n) is 5.32. The Balaban J connectivity index is 2.40. The number of amides is 1. The number of hydrogen-bond acceptors (Lipinski definition) is 4. The third-order valence-corrected chi connectivity index (χ3v) is 4.21. The predicted molar refractivity (Wildman–Crippen MR) is 68.9 cm³/mol. The van der Waals surface area contributed by atoms with Crippen molar-refractivity contribution in [3.05, 3.63) is 35.6 Å². The summed E-state index contributed by atoms with van der Waals surface area (Å²) < 4.78 is 18.4. The summed E-state index contributed by atoms with van der Waals surface area (Å²) in [4.78, 5) is 15.8. The second-order valence-corrected chi connectivity index (χ2v) is 5.18. The molecule has 0 saturated carbocycles. The minimum Gasteiger partial charge on any atom is -0.367 e. The van der Waals surface area contributed by atoms with Crippen LogP contribution in [0, 0.1) is 5.82 Å². The maximum atomic E-state index is 13.2. The van der Waals surface area contributed by atoms with E-state index in [4.69, 9.17) is 10.5 Å². The first-order chi connectivity index (χ1) is 8.47. The van der Waals surface area contributed by atoms with Crippen LogP contribution in [-0.4, -0.2) is 29.0 Å². The molecule has 96 valence electrons. The lowest BCUT2D eigenvalue weighted by molar-refractivity contribution is -0.124. The van der Waals surface area contributed by atoms with Crippen LogP contribution in [-0.2, 0) is 9.53 Å². The molecule has 1 aromatic carbocycles. The molecule has 2 rings (SSSR count). The molecule has 2 atom stereocenters. The zero-order chi connectivity index (χ0) is 13.3. The van der Waals surface area contributed by atoms with Crippen molar-refractivity contribution in [3.8, 4) is 0 Å². The molecule has 0 radical (unpaired) electrons. The van der Waals surface area contributed by atoms with E-state index in [1.54, 1.807) is 19.1 Å². The van der Waals surface area contributed by atoms with E-state index in [-0.39, 0.29) is 5.82 Å². The van der Waals surface area contributed by atoms with Crippen LogP contribution in [0.4, 0.5) is 4.39 Å². The Bertz CT molecular complexity index is 521. The van der Waals surface area contributed by atoms with E-state index >= 15 is 0 Å². The van der Waals surface area contributed by atoms with E-state index in [1.165, 1.54) is 31.0 Å². The Kier molecular flexibility index (Phi) is 3.41. The van der Waals surface area contributed by atoms with Gasteiger partial charge in [-0.15, -0.1) is 0 Å². The quantitative estimate of drug-likeness (QED) is 0.904. The van der Waals surface area contributed by atoms with Crippen molar-refractivity contribution in [1.29, 1.82) is 0 Å². The Morgan fingerprint density at radius 3 is 2.83 bits per heavy atom. The van der Waals surface area contributed by atoms with Gasteiger partial charge in [0.2, 0.25) is 5.91 Å². The minimum atomic E-state index is -1.12. The van der Waals surface area contributed by atoms with Gasteiger partial charge in [0.05, 0.1) is 0 Å². The van der Waals surface area contributed by atoms with Crippen LogP contribution in [0.1, 0.15) is 12.5 Å². The Morgan fingerprint density at radius 2 is 2.33 bits per heavy atom. The van der Waals surface area contributed by atoms with Gasteiger partial charge in [-0.25, -0.2) is 4.39 Å². The topological polar surface area (TPSA) is 64.7 Å². The molecule has 0 aromatic heterocycles. The first-order valence-corrected chi connectivity index (χ1v) is 6.20. The number of nitrogens with zero attached hydrogens (tertiary/aromatic N) is 1. The van der Waals surface area contributed by atoms with Gasteiger partial charge in [0.15, 0.2) is 5.54 Å². The van der Waals surface area contributed by atoms with E-state index in [0.29, 0.717) is 10.6 Å². The fourth-order valence-electron chi connectivity index (χ4n) is 1.71. The third-order valence-electron chi connectivity index (χ3n) is 2.80. The summed E-state index contributed by atoms with van der Waals surface area (Å²) in [5.74, 6) is -0.911. The summed E-state index contributed by atoms with van der Waals surface area (Å²) >= 11 is 1.27. The van der Waals surface area contributed by atoms with Crippen LogP contribution in [0.2, 0.25) is 0 Å². The van der Waals surface area contributed by atoms with E-state index in [2.05, 4.69) is 4.99 Å². The summed E-state index contributed by atoms with van der Waals surface area (Å²) in [6.07, 6.45) is 0. The standard InChI is InChI=1S/C12H13FN2O2S/c1-12(10(14)16)11(17-2)18-9(15-12)7-4-3-5-8(13)6-7/h3-6,11H,1-2H3,(H2,14,16)/t11?,12-/m1/s1. The summed E-state index contributed by atoms with van der Waals surface area (Å²) in [5.41, 5.74) is 4.36. The van der Waals surface area contributed by atoms with E-state index in [9.17, 15) is 9.18 Å². The van der Waals surface area contributed by atoms with Gasteiger partial charge in [0.25, 0.3) is 0 Å². The second kappa shape index (κ2) is 4.70. The summed E-state index contributed by atoms with van der Waals surface area (Å²) in [7, 11) is 1.49. The minimum absolute atomic E-state index is 0.350. The molecule has 0 fully saturated rings. The lowest BCUT2D eigenvalue weighted by Crippen LogP contribution is -2.46. The van der Waals surface area contributed by atoms with Crippen LogP contribution in [0.3, 0.4) is 0 Å². The molecule has 18 heavy (non-hydrogen) atoms. The van der Waals surface area contributed by atoms with Crippen molar-refractivity contribution in [2.45, 2.75) is 17.9 Å². The van der Waals surface area contributed by atoms with Crippen molar-refractivity contribution < 1.29 is 13.9 Å². The molecule has 0 spiro atoms. The van der Waals surface area contributed by atoms with Crippen molar-refractivity contribution in [3.63, 3.8) is 0 Å². The number of benzene rings is 1. The highest BCUT2D eigenvalue weighted by molar-refractivity contribution is 8.15. The maximum Gasteiger partial charge on any atom is 0.248 e. The summed E-state index contributed by atoms with van der Waals surface area (Å²) in [6, 6.07) is 6.04. The lowest BCUT2D eigenvalue weighted by atomic mass is 10.0. The van der Waals surface area contributed by atoms with Gasteiger partial charge >= 0.3 is 0 Å². The van der Waals surface area contributed by atoms with Gasteiger partial charge in [0.1, 0.15) is 16.3 Å². The number of nitrogens with two attached hydrogens (primary N) is 1. The van der Waals surface area contributed by atoms with Crippen LogP contribution < -0.4 is 5.73 Å². The third kappa shape index (κ3) is 2.13. The maximum absolute atomic E-state index is 13.2. The summed E-state index contributed by atoms with van der Waals surface area (Å²) in [5, 5.41) is 0.558. The SMILES string of the molecule is COC1SC(c2cccc(F)c2)=N[C@]1(C)C(N)=O. The largest absolute Gasteiger partial charge is 0.367 e. The Hall–Kier alpha value is -1.40. The zero-order valence-electron chi connectivity index (χ0n) is 10.0. The smallest absolute Gasteiger partial charge is 0.248 e. The zero-order valence-corrected chi connectivity index (χ0v) is 10.8. The number of primary amides is 1. The molecule has 0 saturated heterocycles. The molecule has 1 aromatic rings. The number of halogens is 1. The number of carbonyl (C=O) groups is 1. The highest BCUT2D eigenvalue weighted by Gasteiger charge is 2.46. The fraction of sp³-hybridized carbons (Fsp3) is 0.333. The molecule has 1 aliphatic rings. The molecule has 1 heterocycles. The number of aliphatic imine (C=N–C) groups is 1. The molecule has 0 bridgehead atoms. The monoisotopic (exact) mass is 268 g/mol. The van der Waals surface area contributed by atoms with Crippen molar-refractivity contribution >= 4 is 22.7 Å². The van der Waals surface area contributed by atoms with Crippen LogP contribution >= 0.6 is 11.8 Å². The first kappa shape index (κ1) is 13.0. The van der Waals surface area contributed by atoms with Crippen LogP contribution in [0.25, 0.3) is 0 Å². The van der Waals surface area contributed by atoms with Crippen molar-refractivity contribution in [2.24, 2.45) is 10.7 Å². The Morgan fingerprint density at radius 1 is 1.61 bits per heavy atom. The van der Waals surface area contributed by atoms with Gasteiger partial charge in [-0.1, -0.05) is 23.9 Å². The van der Waals surface area contributed by atoms with Gasteiger partial charge in [0, 0.05) is 12.7 Å². The lowest BCUT2D eigenvalue weighted by Gasteiger charge is -2.22. The highest BCUT2D eigenvalue weighted by atomic mass is 32.2. The molecule has 1 aliphatic heterocycles. The average Bonchev–Trinajstić information content (AvgIpc) is 2.68. The Labute approximate surface area is 108 Å².